The van der Waals surface area contributed by atoms with Crippen molar-refractivity contribution >= 4 is 28.5 Å². The number of halogens is 7. The lowest BCUT2D eigenvalue weighted by Gasteiger charge is -2.27. The second-order valence-electron chi connectivity index (χ2n) is 22.0. The van der Waals surface area contributed by atoms with Crippen molar-refractivity contribution in [1.29, 1.82) is 0 Å². The molecule has 2 fully saturated rings. The van der Waals surface area contributed by atoms with Crippen LogP contribution in [0.2, 0.25) is 0 Å². The maximum absolute atomic E-state index is 14.5. The molecule has 2 saturated carbocycles. The minimum atomic E-state index is -4.76. The van der Waals surface area contributed by atoms with Gasteiger partial charge in [0.05, 0.1) is 28.8 Å². The highest BCUT2D eigenvalue weighted by Gasteiger charge is 2.49. The highest BCUT2D eigenvalue weighted by atomic mass is 19.4. The van der Waals surface area contributed by atoms with Gasteiger partial charge in [-0.15, -0.1) is 0 Å². The average molecular weight is 1080 g/mol. The summed E-state index contributed by atoms with van der Waals surface area (Å²) in [5.41, 5.74) is 10.3. The molecule has 11 rings (SSSR count). The van der Waals surface area contributed by atoms with Crippen LogP contribution in [0.25, 0.3) is 22.7 Å². The van der Waals surface area contributed by atoms with E-state index >= 15 is 0 Å². The largest absolute Gasteiger partial charge is 0.435 e. The van der Waals surface area contributed by atoms with E-state index in [4.69, 9.17) is 5.73 Å². The zero-order chi connectivity index (χ0) is 56.6. The Kier molecular flexibility index (Phi) is 17.3. The highest BCUT2D eigenvalue weighted by molar-refractivity contribution is 6.00. The molecule has 418 valence electrons. The summed E-state index contributed by atoms with van der Waals surface area (Å²) < 4.78 is 98.0. The number of hydrogen-bond donors (Lipinski definition) is 3. The number of aromatic nitrogens is 10. The Bertz CT molecular complexity index is 3260. The Morgan fingerprint density at radius 1 is 0.792 bits per heavy atom. The molecule has 14 nitrogen and oxygen atoms in total. The van der Waals surface area contributed by atoms with Gasteiger partial charge in [-0.2, -0.15) is 41.6 Å². The van der Waals surface area contributed by atoms with Crippen molar-refractivity contribution < 1.29 is 35.5 Å². The molecule has 6 heterocycles. The summed E-state index contributed by atoms with van der Waals surface area (Å²) >= 11 is 0. The van der Waals surface area contributed by atoms with Gasteiger partial charge in [0.25, 0.3) is 11.1 Å². The molecule has 0 spiro atoms. The number of rotatable bonds is 8. The third-order valence-electron chi connectivity index (χ3n) is 14.2. The van der Waals surface area contributed by atoms with Gasteiger partial charge in [0.2, 0.25) is 0 Å². The number of nitrogens with one attached hydrogen (secondary N) is 2. The minimum Gasteiger partial charge on any atom is -0.328 e. The van der Waals surface area contributed by atoms with E-state index in [0.29, 0.717) is 48.1 Å². The number of allylic oxidation sites excluding steroid dienone is 3. The van der Waals surface area contributed by atoms with E-state index in [-0.39, 0.29) is 41.3 Å². The first-order valence-electron chi connectivity index (χ1n) is 26.6. The van der Waals surface area contributed by atoms with Crippen LogP contribution in [0.4, 0.5) is 30.7 Å². The standard InChI is InChI=1S/C14H17NO.C12H14F4N2O.C11H13F3N2.C10H17N3.C9H11N3O/c1-8(2)11-6-5-10-7-12(9-3-4-9)14(16)15-13(10)11;1-6(2)18-10-8(9(17-18)12(14,15)16)7(19)4-5-11(10,3)13;1-7(2)16-9-6-4-3-5-8(9)10(15-16)11(12,13)14;1-7(2)13-6-9(8-3-4-8)10(5-11)12-13;1-6(2)12-5-11-8-7(12)3-4-10-9(8)13/h6-9H,3-5H2,1-2H3,(H,15,16);6H,4-5H2,1-3H3;3,5,7H,4,6H2,1-2H3;6-8H,3-5,11H2,1-2H3;3-6H,1-2H3,(H,10,13). The Morgan fingerprint density at radius 2 is 1.42 bits per heavy atom. The average Bonchev–Trinajstić information content (AvgIpc) is 4.11. The second-order valence-corrected chi connectivity index (χ2v) is 22.0. The lowest BCUT2D eigenvalue weighted by Crippen LogP contribution is -2.30. The Labute approximate surface area is 443 Å². The third-order valence-corrected chi connectivity index (χ3v) is 14.2. The number of carbonyl (C=O) groups is 1. The van der Waals surface area contributed by atoms with Crippen LogP contribution in [0.3, 0.4) is 0 Å². The minimum absolute atomic E-state index is 0.0450. The fourth-order valence-electron chi connectivity index (χ4n) is 9.87. The van der Waals surface area contributed by atoms with Crippen molar-refractivity contribution in [2.75, 3.05) is 0 Å². The van der Waals surface area contributed by atoms with Crippen LogP contribution in [0.1, 0.15) is 224 Å². The first-order chi connectivity index (χ1) is 36.0. The number of carbonyl (C=O) groups excluding carboxylic acids is 1. The molecule has 0 bridgehead atoms. The van der Waals surface area contributed by atoms with Crippen LogP contribution >= 0.6 is 0 Å². The van der Waals surface area contributed by atoms with E-state index in [9.17, 15) is 45.1 Å². The zero-order valence-electron chi connectivity index (χ0n) is 45.8. The molecule has 0 aromatic carbocycles. The second kappa shape index (κ2) is 22.9. The molecule has 21 heteroatoms. The lowest BCUT2D eigenvalue weighted by atomic mass is 9.84. The van der Waals surface area contributed by atoms with E-state index in [1.54, 1.807) is 32.4 Å². The summed E-state index contributed by atoms with van der Waals surface area (Å²) in [4.78, 5) is 44.7. The molecule has 0 radical (unpaired) electrons. The van der Waals surface area contributed by atoms with Crippen molar-refractivity contribution in [2.45, 2.75) is 195 Å². The fourth-order valence-corrected chi connectivity index (χ4v) is 9.87. The summed E-state index contributed by atoms with van der Waals surface area (Å²) in [6, 6.07) is 4.27. The van der Waals surface area contributed by atoms with Crippen LogP contribution in [-0.2, 0) is 37.4 Å². The number of fused-ring (bicyclic) bond motifs is 4. The van der Waals surface area contributed by atoms with E-state index in [2.05, 4.69) is 90.1 Å². The van der Waals surface area contributed by atoms with Gasteiger partial charge in [0.1, 0.15) is 0 Å². The molecule has 0 amide bonds. The van der Waals surface area contributed by atoms with Crippen molar-refractivity contribution in [2.24, 2.45) is 11.7 Å². The summed E-state index contributed by atoms with van der Waals surface area (Å²) in [6.45, 7) is 21.4. The van der Waals surface area contributed by atoms with Crippen LogP contribution < -0.4 is 16.9 Å². The first-order valence-corrected chi connectivity index (χ1v) is 26.6. The molecule has 1 unspecified atom stereocenters. The molecule has 6 aromatic heterocycles. The van der Waals surface area contributed by atoms with Gasteiger partial charge in [-0.25, -0.2) is 9.37 Å². The van der Waals surface area contributed by atoms with Gasteiger partial charge in [-0.3, -0.25) is 28.4 Å². The quantitative estimate of drug-likeness (QED) is 0.126. The smallest absolute Gasteiger partial charge is 0.328 e. The summed E-state index contributed by atoms with van der Waals surface area (Å²) in [5.74, 6) is 1.09. The highest BCUT2D eigenvalue weighted by Crippen LogP contribution is 2.45. The molecule has 4 N–H and O–H groups in total. The number of alkyl halides is 7. The Morgan fingerprint density at radius 3 is 1.97 bits per heavy atom. The van der Waals surface area contributed by atoms with Gasteiger partial charge in [0.15, 0.2) is 28.4 Å². The van der Waals surface area contributed by atoms with Crippen LogP contribution in [0, 0.1) is 5.92 Å². The fraction of sp³-hybridized carbons (Fsp3) is 0.554. The third kappa shape index (κ3) is 13.0. The molecule has 77 heavy (non-hydrogen) atoms. The SMILES string of the molecule is CC(C)C1=CCc2cc(C3CC3)c(=O)[nH]c21.CC(C)n1cc(C2CC2)c(CN)n1.CC(C)n1cnc2c(=O)[nH]ccc21.CC(C)n1nc(C(F)(F)F)c2c1C(C)(F)CCC2=O.CC(C)n1nc(C(F)(F)F)c2c1CCC=C2. The topological polar surface area (TPSA) is 180 Å². The van der Waals surface area contributed by atoms with E-state index in [1.165, 1.54) is 60.1 Å². The Hall–Kier alpha value is -6.38. The molecule has 5 aliphatic rings. The molecular formula is C56H72F7N11O3. The van der Waals surface area contributed by atoms with Crippen LogP contribution in [-0.4, -0.2) is 54.6 Å². The molecule has 6 aromatic rings. The molecule has 1 atom stereocenters. The van der Waals surface area contributed by atoms with Crippen LogP contribution in [0.5, 0.6) is 0 Å². The predicted molar refractivity (Wildman–Crippen MR) is 283 cm³/mol. The number of nitrogens with two attached hydrogens (primary N) is 1. The van der Waals surface area contributed by atoms with Crippen molar-refractivity contribution in [3.63, 3.8) is 0 Å². The van der Waals surface area contributed by atoms with E-state index in [0.717, 1.165) is 45.9 Å². The van der Waals surface area contributed by atoms with Gasteiger partial charge in [0, 0.05) is 72.0 Å². The van der Waals surface area contributed by atoms with Gasteiger partial charge < -0.3 is 20.3 Å². The molecule has 0 saturated heterocycles. The van der Waals surface area contributed by atoms with Gasteiger partial charge >= 0.3 is 12.4 Å². The van der Waals surface area contributed by atoms with Crippen molar-refractivity contribution in [3.8, 4) is 0 Å². The number of pyridine rings is 2. The predicted octanol–water partition coefficient (Wildman–Crippen LogP) is 13.0. The zero-order valence-corrected chi connectivity index (χ0v) is 45.8. The van der Waals surface area contributed by atoms with Gasteiger partial charge in [-0.1, -0.05) is 32.1 Å². The van der Waals surface area contributed by atoms with E-state index in [1.807, 2.05) is 29.2 Å². The molecule has 5 aliphatic carbocycles. The number of Topliss-reactive ketones (excluding diaryl/α,β-unsaturated/α-hetero) is 1. The van der Waals surface area contributed by atoms with Gasteiger partial charge in [-0.05, 0) is 160 Å². The monoisotopic (exact) mass is 1080 g/mol. The number of H-pyrrole nitrogens is 2. The maximum atomic E-state index is 14.5. The van der Waals surface area contributed by atoms with E-state index < -0.39 is 46.8 Å². The first kappa shape index (κ1) is 58.3. The molecular weight excluding hydrogens is 1010 g/mol. The normalized spacial score (nSPS) is 17.8. The number of nitrogens with zero attached hydrogens (tertiary/aromatic N) is 8. The van der Waals surface area contributed by atoms with Crippen molar-refractivity contribution in [3.05, 3.63) is 126 Å². The summed E-state index contributed by atoms with van der Waals surface area (Å²) in [6.07, 6.45) is 9.00. The number of aromatic amines is 2. The number of hydrogen-bond acceptors (Lipinski definition) is 8. The summed E-state index contributed by atoms with van der Waals surface area (Å²) in [7, 11) is 0. The van der Waals surface area contributed by atoms with Crippen molar-refractivity contribution in [1.82, 2.24) is 48.9 Å². The molecule has 0 aliphatic heterocycles. The maximum Gasteiger partial charge on any atom is 0.435 e. The lowest BCUT2D eigenvalue weighted by molar-refractivity contribution is -0.142. The number of imidazole rings is 1. The number of ketones is 1. The summed E-state index contributed by atoms with van der Waals surface area (Å²) in [5, 5.41) is 11.6. The Balaban J connectivity index is 0.000000141. The van der Waals surface area contributed by atoms with Crippen LogP contribution in [0.15, 0.2) is 52.6 Å².